The molecule has 1 aliphatic heterocycles. The SMILES string of the molecule is CC[N+](CC)=c1ccc2c(C)cc(-c3ccccc3)oc-2c1.FB(F)F.[F-]. The van der Waals surface area contributed by atoms with Crippen LogP contribution in [0.5, 0.6) is 0 Å². The van der Waals surface area contributed by atoms with Crippen LogP contribution in [-0.4, -0.2) is 20.6 Å². The molecule has 1 aromatic rings. The number of hydrogen-bond donors (Lipinski definition) is 0. The van der Waals surface area contributed by atoms with E-state index in [2.05, 4.69) is 61.7 Å². The molecule has 1 aromatic carbocycles. The van der Waals surface area contributed by atoms with E-state index in [0.29, 0.717) is 0 Å². The molecule has 1 aliphatic carbocycles. The van der Waals surface area contributed by atoms with Crippen molar-refractivity contribution in [2.24, 2.45) is 0 Å². The molecular weight excluding hydrogens is 357 g/mol. The van der Waals surface area contributed by atoms with Crippen molar-refractivity contribution in [1.29, 1.82) is 0 Å². The van der Waals surface area contributed by atoms with Gasteiger partial charge in [-0.05, 0) is 38.5 Å². The molecule has 7 heteroatoms. The van der Waals surface area contributed by atoms with E-state index in [-0.39, 0.29) is 4.70 Å². The van der Waals surface area contributed by atoms with Gasteiger partial charge in [-0.1, -0.05) is 30.3 Å². The van der Waals surface area contributed by atoms with Gasteiger partial charge in [0.05, 0.1) is 6.07 Å². The van der Waals surface area contributed by atoms with Gasteiger partial charge >= 0.3 is 7.54 Å². The molecule has 0 bridgehead atoms. The number of aryl methyl sites for hydroxylation is 1. The van der Waals surface area contributed by atoms with E-state index in [4.69, 9.17) is 4.42 Å². The topological polar surface area (TPSA) is 16.1 Å². The first-order valence-electron chi connectivity index (χ1n) is 8.56. The predicted molar refractivity (Wildman–Crippen MR) is 101 cm³/mol. The Morgan fingerprint density at radius 1 is 0.889 bits per heavy atom. The standard InChI is InChI=1S/C20H22NO.BF3.FH/c1-4-21(5-2)17-11-12-18-15(3)13-19(22-20(18)14-17)16-9-7-6-8-10-16;2-1(3)4;/h6-14H,4-5H2,1-3H3;;1H/q+1;;/p-1. The van der Waals surface area contributed by atoms with Crippen LogP contribution >= 0.6 is 0 Å². The summed E-state index contributed by atoms with van der Waals surface area (Å²) in [6.45, 7) is 8.49. The Labute approximate surface area is 156 Å². The fourth-order valence-corrected chi connectivity index (χ4v) is 2.87. The van der Waals surface area contributed by atoms with Crippen LogP contribution in [0.15, 0.2) is 59.0 Å². The third kappa shape index (κ3) is 5.98. The Morgan fingerprint density at radius 3 is 2.04 bits per heavy atom. The summed E-state index contributed by atoms with van der Waals surface area (Å²) in [7, 11) is -3.67. The van der Waals surface area contributed by atoms with Crippen molar-refractivity contribution in [2.75, 3.05) is 13.1 Å². The van der Waals surface area contributed by atoms with Crippen molar-refractivity contribution in [1.82, 2.24) is 4.58 Å². The smallest absolute Gasteiger partial charge is 0.762 e. The molecule has 0 unspecified atom stereocenters. The van der Waals surface area contributed by atoms with Crippen molar-refractivity contribution >= 4 is 7.54 Å². The van der Waals surface area contributed by atoms with Gasteiger partial charge in [-0.15, -0.1) is 0 Å². The lowest BCUT2D eigenvalue weighted by Crippen LogP contribution is -3.00. The number of hydrogen-bond acceptors (Lipinski definition) is 1. The maximum absolute atomic E-state index is 9.67. The van der Waals surface area contributed by atoms with Crippen molar-refractivity contribution in [3.63, 3.8) is 0 Å². The Kier molecular flexibility index (Phi) is 8.78. The van der Waals surface area contributed by atoms with Crippen LogP contribution in [0.1, 0.15) is 19.4 Å². The van der Waals surface area contributed by atoms with Crippen LogP contribution < -0.4 is 14.6 Å². The normalized spacial score (nSPS) is 9.85. The van der Waals surface area contributed by atoms with Crippen molar-refractivity contribution < 1.29 is 22.1 Å². The van der Waals surface area contributed by atoms with Gasteiger partial charge in [0.2, 0.25) is 5.36 Å². The highest BCUT2D eigenvalue weighted by Crippen LogP contribution is 2.30. The number of halogens is 4. The van der Waals surface area contributed by atoms with Crippen LogP contribution in [0.25, 0.3) is 22.6 Å². The lowest BCUT2D eigenvalue weighted by molar-refractivity contribution is -0.00000872. The zero-order valence-corrected chi connectivity index (χ0v) is 15.6. The Bertz CT molecular complexity index is 872. The Hall–Kier alpha value is -2.57. The van der Waals surface area contributed by atoms with Gasteiger partial charge in [-0.25, -0.2) is 4.58 Å². The lowest BCUT2D eigenvalue weighted by atomic mass is 10.0. The third-order valence-electron chi connectivity index (χ3n) is 4.14. The highest BCUT2D eigenvalue weighted by molar-refractivity contribution is 6.33. The van der Waals surface area contributed by atoms with Gasteiger partial charge < -0.3 is 9.12 Å². The molecule has 0 fully saturated rings. The molecule has 1 heterocycles. The molecule has 27 heavy (non-hydrogen) atoms. The number of rotatable bonds is 3. The number of fused-ring (bicyclic) bond motifs is 1. The summed E-state index contributed by atoms with van der Waals surface area (Å²) in [6.07, 6.45) is 0. The average molecular weight is 379 g/mol. The van der Waals surface area contributed by atoms with Crippen LogP contribution in [0.3, 0.4) is 0 Å². The van der Waals surface area contributed by atoms with Gasteiger partial charge in [0, 0.05) is 17.2 Å². The van der Waals surface area contributed by atoms with Gasteiger partial charge in [-0.3, -0.25) is 12.9 Å². The molecule has 0 radical (unpaired) electrons. The van der Waals surface area contributed by atoms with Gasteiger partial charge in [0.1, 0.15) is 24.6 Å². The quantitative estimate of drug-likeness (QED) is 0.387. The molecule has 144 valence electrons. The van der Waals surface area contributed by atoms with Crippen molar-refractivity contribution in [3.05, 3.63) is 65.5 Å². The first kappa shape index (κ1) is 22.5. The van der Waals surface area contributed by atoms with E-state index in [1.165, 1.54) is 16.5 Å². The molecule has 3 rings (SSSR count). The molecule has 0 saturated carbocycles. The van der Waals surface area contributed by atoms with Crippen molar-refractivity contribution in [2.45, 2.75) is 20.8 Å². The summed E-state index contributed by atoms with van der Waals surface area (Å²) in [6, 6.07) is 18.9. The van der Waals surface area contributed by atoms with E-state index >= 15 is 0 Å². The number of benzene rings is 2. The number of nitrogens with zero attached hydrogens (tertiary/aromatic N) is 1. The zero-order chi connectivity index (χ0) is 19.1. The van der Waals surface area contributed by atoms with Crippen LogP contribution in [0.4, 0.5) is 12.9 Å². The molecule has 0 atom stereocenters. The van der Waals surface area contributed by atoms with E-state index in [9.17, 15) is 12.9 Å². The molecule has 0 aromatic heterocycles. The van der Waals surface area contributed by atoms with E-state index in [0.717, 1.165) is 30.2 Å². The summed E-state index contributed by atoms with van der Waals surface area (Å²) >= 11 is 0. The summed E-state index contributed by atoms with van der Waals surface area (Å²) in [5, 5.41) is 1.21. The molecule has 2 aliphatic rings. The molecule has 0 N–H and O–H groups in total. The minimum Gasteiger partial charge on any atom is -1.00 e. The molecular formula is C20H22BF4NO. The first-order chi connectivity index (χ1) is 12.5. The molecule has 0 amide bonds. The highest BCUT2D eigenvalue weighted by atomic mass is 19.4. The minimum absolute atomic E-state index is 0. The Morgan fingerprint density at radius 2 is 1.48 bits per heavy atom. The second-order valence-corrected chi connectivity index (χ2v) is 5.76. The van der Waals surface area contributed by atoms with Gasteiger partial charge in [0.15, 0.2) is 0 Å². The molecule has 0 spiro atoms. The van der Waals surface area contributed by atoms with E-state index in [1.54, 1.807) is 0 Å². The largest absolute Gasteiger partial charge is 1.00 e. The summed E-state index contributed by atoms with van der Waals surface area (Å²) < 4.78 is 37.5. The lowest BCUT2D eigenvalue weighted by Gasteiger charge is -2.11. The van der Waals surface area contributed by atoms with Crippen LogP contribution in [-0.2, 0) is 0 Å². The van der Waals surface area contributed by atoms with Crippen LogP contribution in [0, 0.1) is 6.92 Å². The minimum atomic E-state index is -3.67. The van der Waals surface area contributed by atoms with E-state index < -0.39 is 7.54 Å². The second-order valence-electron chi connectivity index (χ2n) is 5.76. The van der Waals surface area contributed by atoms with Crippen LogP contribution in [0.2, 0.25) is 0 Å². The highest BCUT2D eigenvalue weighted by Gasteiger charge is 2.13. The Balaban J connectivity index is 0.000000666. The fourth-order valence-electron chi connectivity index (χ4n) is 2.87. The molecule has 0 saturated heterocycles. The monoisotopic (exact) mass is 379 g/mol. The first-order valence-corrected chi connectivity index (χ1v) is 8.56. The third-order valence-corrected chi connectivity index (χ3v) is 4.14. The molecule has 2 nitrogen and oxygen atoms in total. The van der Waals surface area contributed by atoms with Gasteiger partial charge in [0.25, 0.3) is 0 Å². The zero-order valence-electron chi connectivity index (χ0n) is 15.6. The summed E-state index contributed by atoms with van der Waals surface area (Å²) in [5.41, 5.74) is 3.53. The maximum atomic E-state index is 9.67. The van der Waals surface area contributed by atoms with Crippen molar-refractivity contribution in [3.8, 4) is 22.6 Å². The fraction of sp³-hybridized carbons (Fsp3) is 0.250. The van der Waals surface area contributed by atoms with Gasteiger partial charge in [-0.2, -0.15) is 0 Å². The maximum Gasteiger partial charge on any atom is 0.762 e. The summed E-state index contributed by atoms with van der Waals surface area (Å²) in [4.78, 5) is 0. The summed E-state index contributed by atoms with van der Waals surface area (Å²) in [5.74, 6) is 1.87. The predicted octanol–water partition coefficient (Wildman–Crippen LogP) is 2.06. The second kappa shape index (κ2) is 10.6. The van der Waals surface area contributed by atoms with E-state index in [1.807, 2.05) is 18.2 Å². The average Bonchev–Trinajstić information content (AvgIpc) is 2.63.